The van der Waals surface area contributed by atoms with Crippen LogP contribution in [0.4, 0.5) is 5.13 Å². The molecule has 1 amide bonds. The average molecular weight is 513 g/mol. The molecule has 0 bridgehead atoms. The van der Waals surface area contributed by atoms with Crippen molar-refractivity contribution in [1.29, 1.82) is 0 Å². The number of nitrogens with zero attached hydrogens (tertiary/aromatic N) is 2. The maximum Gasteiger partial charge on any atom is 0.350 e. The predicted octanol–water partition coefficient (Wildman–Crippen LogP) is 4.92. The van der Waals surface area contributed by atoms with Gasteiger partial charge in [-0.1, -0.05) is 47.2 Å². The van der Waals surface area contributed by atoms with Crippen molar-refractivity contribution < 1.29 is 29.0 Å². The monoisotopic (exact) mass is 512 g/mol. The molecule has 10 heteroatoms. The number of aliphatic hydroxyl groups is 1. The Hall–Kier alpha value is -3.69. The lowest BCUT2D eigenvalue weighted by Gasteiger charge is -2.23. The summed E-state index contributed by atoms with van der Waals surface area (Å²) in [5.74, 6) is -2.20. The Morgan fingerprint density at radius 1 is 1.20 bits per heavy atom. The number of aliphatic hydroxyl groups excluding tert-OH is 1. The third kappa shape index (κ3) is 4.52. The largest absolute Gasteiger partial charge is 0.507 e. The topological polar surface area (TPSA) is 106 Å². The van der Waals surface area contributed by atoms with Gasteiger partial charge in [-0.05, 0) is 43.7 Å². The van der Waals surface area contributed by atoms with Crippen LogP contribution in [0.25, 0.3) is 5.76 Å². The second-order valence-electron chi connectivity index (χ2n) is 7.58. The smallest absolute Gasteiger partial charge is 0.350 e. The predicted molar refractivity (Wildman–Crippen MR) is 132 cm³/mol. The van der Waals surface area contributed by atoms with Crippen LogP contribution in [0.3, 0.4) is 0 Å². The molecule has 4 rings (SSSR count). The van der Waals surface area contributed by atoms with Crippen LogP contribution in [0, 0.1) is 6.92 Å². The Morgan fingerprint density at radius 2 is 1.91 bits per heavy atom. The molecule has 1 aliphatic heterocycles. The molecule has 0 spiro atoms. The number of halogens is 1. The Labute approximate surface area is 210 Å². The maximum atomic E-state index is 13.3. The Kier molecular flexibility index (Phi) is 6.90. The highest BCUT2D eigenvalue weighted by atomic mass is 35.5. The van der Waals surface area contributed by atoms with Crippen LogP contribution in [-0.2, 0) is 14.3 Å². The minimum Gasteiger partial charge on any atom is -0.507 e. The van der Waals surface area contributed by atoms with E-state index in [9.17, 15) is 19.5 Å². The maximum absolute atomic E-state index is 13.3. The van der Waals surface area contributed by atoms with Crippen molar-refractivity contribution in [3.8, 4) is 5.75 Å². The van der Waals surface area contributed by atoms with Gasteiger partial charge in [0.15, 0.2) is 5.13 Å². The summed E-state index contributed by atoms with van der Waals surface area (Å²) in [6.45, 7) is 3.49. The van der Waals surface area contributed by atoms with Gasteiger partial charge in [-0.25, -0.2) is 9.78 Å². The zero-order valence-corrected chi connectivity index (χ0v) is 20.6. The zero-order valence-electron chi connectivity index (χ0n) is 19.1. The van der Waals surface area contributed by atoms with E-state index in [1.54, 1.807) is 62.4 Å². The number of aromatic nitrogens is 1. The summed E-state index contributed by atoms with van der Waals surface area (Å²) >= 11 is 7.01. The van der Waals surface area contributed by atoms with E-state index in [-0.39, 0.29) is 27.9 Å². The molecule has 8 nitrogen and oxygen atoms in total. The van der Waals surface area contributed by atoms with Crippen molar-refractivity contribution in [2.45, 2.75) is 19.9 Å². The summed E-state index contributed by atoms with van der Waals surface area (Å²) in [5.41, 5.74) is 1.09. The van der Waals surface area contributed by atoms with Gasteiger partial charge in [0.25, 0.3) is 5.78 Å². The van der Waals surface area contributed by atoms with Crippen molar-refractivity contribution in [1.82, 2.24) is 4.98 Å². The van der Waals surface area contributed by atoms with E-state index in [2.05, 4.69) is 4.98 Å². The van der Waals surface area contributed by atoms with Crippen LogP contribution in [0.2, 0.25) is 5.02 Å². The van der Waals surface area contributed by atoms with Crippen molar-refractivity contribution >= 4 is 51.5 Å². The Morgan fingerprint density at radius 3 is 2.57 bits per heavy atom. The number of amides is 1. The highest BCUT2D eigenvalue weighted by Gasteiger charge is 2.48. The highest BCUT2D eigenvalue weighted by Crippen LogP contribution is 2.44. The van der Waals surface area contributed by atoms with Crippen LogP contribution in [0.1, 0.15) is 39.5 Å². The first kappa shape index (κ1) is 24.4. The molecule has 0 radical (unpaired) electrons. The molecule has 1 aromatic heterocycles. The number of methoxy groups -OCH3 is 1. The van der Waals surface area contributed by atoms with Gasteiger partial charge in [-0.15, -0.1) is 0 Å². The van der Waals surface area contributed by atoms with Crippen LogP contribution >= 0.6 is 22.9 Å². The van der Waals surface area contributed by atoms with Crippen molar-refractivity contribution in [2.24, 2.45) is 0 Å². The van der Waals surface area contributed by atoms with E-state index >= 15 is 0 Å². The molecule has 1 atom stereocenters. The van der Waals surface area contributed by atoms with E-state index in [0.29, 0.717) is 27.6 Å². The molecule has 1 N–H and O–H groups in total. The molecule has 3 aromatic rings. The number of aryl methyl sites for hydroxylation is 1. The number of ketones is 1. The zero-order chi connectivity index (χ0) is 25.3. The number of carbonyl (C=O) groups excluding carboxylic acids is 3. The Bertz CT molecular complexity index is 1350. The molecule has 0 aliphatic carbocycles. The van der Waals surface area contributed by atoms with Gasteiger partial charge in [-0.3, -0.25) is 14.5 Å². The van der Waals surface area contributed by atoms with Gasteiger partial charge in [0.05, 0.1) is 31.0 Å². The molecule has 180 valence electrons. The first-order valence-electron chi connectivity index (χ1n) is 10.6. The summed E-state index contributed by atoms with van der Waals surface area (Å²) in [5, 5.41) is 11.8. The minimum atomic E-state index is -1.00. The van der Waals surface area contributed by atoms with Gasteiger partial charge >= 0.3 is 11.9 Å². The number of rotatable bonds is 6. The summed E-state index contributed by atoms with van der Waals surface area (Å²) in [7, 11) is 1.48. The van der Waals surface area contributed by atoms with Crippen molar-refractivity contribution in [2.75, 3.05) is 18.6 Å². The number of Topliss-reactive ketones (excluding diaryl/α,β-unsaturated/α-hetero) is 1. The molecule has 2 heterocycles. The number of esters is 1. The lowest BCUT2D eigenvalue weighted by Crippen LogP contribution is -2.29. The third-order valence-corrected chi connectivity index (χ3v) is 6.81. The lowest BCUT2D eigenvalue weighted by atomic mass is 9.95. The van der Waals surface area contributed by atoms with Gasteiger partial charge in [0.1, 0.15) is 16.4 Å². The average Bonchev–Trinajstić information content (AvgIpc) is 3.36. The molecule has 0 saturated carbocycles. The number of anilines is 1. The molecule has 1 aliphatic rings. The first-order chi connectivity index (χ1) is 16.8. The second kappa shape index (κ2) is 9.89. The molecular formula is C25H21ClN2O6S. The summed E-state index contributed by atoms with van der Waals surface area (Å²) in [6, 6.07) is 12.1. The molecular weight excluding hydrogens is 492 g/mol. The number of hydrogen-bond donors (Lipinski definition) is 1. The van der Waals surface area contributed by atoms with Crippen LogP contribution in [0.5, 0.6) is 5.75 Å². The number of thiazole rings is 1. The van der Waals surface area contributed by atoms with E-state index in [1.165, 1.54) is 12.0 Å². The summed E-state index contributed by atoms with van der Waals surface area (Å²) < 4.78 is 10.3. The van der Waals surface area contributed by atoms with E-state index in [1.807, 2.05) is 0 Å². The van der Waals surface area contributed by atoms with Crippen molar-refractivity contribution in [3.63, 3.8) is 0 Å². The van der Waals surface area contributed by atoms with Gasteiger partial charge < -0.3 is 14.6 Å². The van der Waals surface area contributed by atoms with Gasteiger partial charge in [0, 0.05) is 10.6 Å². The third-order valence-electron chi connectivity index (χ3n) is 5.43. The fourth-order valence-electron chi connectivity index (χ4n) is 3.79. The highest BCUT2D eigenvalue weighted by molar-refractivity contribution is 7.17. The summed E-state index contributed by atoms with van der Waals surface area (Å²) in [6.07, 6.45) is 0. The van der Waals surface area contributed by atoms with E-state index in [0.717, 1.165) is 11.3 Å². The molecule has 2 aromatic carbocycles. The van der Waals surface area contributed by atoms with Gasteiger partial charge in [0.2, 0.25) is 0 Å². The van der Waals surface area contributed by atoms with Crippen LogP contribution in [-0.4, -0.2) is 41.5 Å². The standard InChI is InChI=1S/C25H21ClN2O6S/c1-4-34-24(32)22-13(2)27-25(35-22)28-19(14-8-10-16(26)11-9-14)18(21(30)23(28)31)20(29)15-6-5-7-17(12-15)33-3/h5-12,19,29H,4H2,1-3H3/b20-18+. The number of carbonyl (C=O) groups is 3. The quantitative estimate of drug-likeness (QED) is 0.216. The molecule has 1 fully saturated rings. The fraction of sp³-hybridized carbons (Fsp3) is 0.200. The lowest BCUT2D eigenvalue weighted by molar-refractivity contribution is -0.132. The fourth-order valence-corrected chi connectivity index (χ4v) is 4.90. The Balaban J connectivity index is 1.91. The minimum absolute atomic E-state index is 0.115. The van der Waals surface area contributed by atoms with Crippen LogP contribution in [0.15, 0.2) is 54.1 Å². The van der Waals surface area contributed by atoms with Crippen molar-refractivity contribution in [3.05, 3.63) is 80.8 Å². The number of hydrogen-bond acceptors (Lipinski definition) is 8. The van der Waals surface area contributed by atoms with E-state index in [4.69, 9.17) is 21.1 Å². The SMILES string of the molecule is CCOC(=O)c1sc(N2C(=O)C(=O)/C(=C(/O)c3cccc(OC)c3)C2c2ccc(Cl)cc2)nc1C. The van der Waals surface area contributed by atoms with Crippen LogP contribution < -0.4 is 9.64 Å². The molecule has 1 unspecified atom stereocenters. The summed E-state index contributed by atoms with van der Waals surface area (Å²) in [4.78, 5) is 44.7. The second-order valence-corrected chi connectivity index (χ2v) is 9.00. The number of benzene rings is 2. The molecule has 35 heavy (non-hydrogen) atoms. The molecule has 1 saturated heterocycles. The normalized spacial score (nSPS) is 17.0. The van der Waals surface area contributed by atoms with E-state index < -0.39 is 23.7 Å². The van der Waals surface area contributed by atoms with Gasteiger partial charge in [-0.2, -0.15) is 0 Å². The first-order valence-corrected chi connectivity index (χ1v) is 11.8. The number of ether oxygens (including phenoxy) is 2.